The van der Waals surface area contributed by atoms with E-state index in [1.54, 1.807) is 30.3 Å². The van der Waals surface area contributed by atoms with Crippen molar-refractivity contribution in [2.75, 3.05) is 7.11 Å². The first-order valence-corrected chi connectivity index (χ1v) is 6.95. The van der Waals surface area contributed by atoms with Gasteiger partial charge >= 0.3 is 5.97 Å². The fraction of sp³-hybridized carbons (Fsp3) is 0.231. The third-order valence-corrected chi connectivity index (χ3v) is 3.01. The zero-order valence-corrected chi connectivity index (χ0v) is 12.8. The lowest BCUT2D eigenvalue weighted by atomic mass is 10.2. The first kappa shape index (κ1) is 16.3. The molecule has 0 saturated carbocycles. The third kappa shape index (κ3) is 3.75. The summed E-state index contributed by atoms with van der Waals surface area (Å²) in [5.41, 5.74) is 0.365. The number of methoxy groups -OCH3 is 1. The highest BCUT2D eigenvalue weighted by atomic mass is 35.5. The maximum absolute atomic E-state index is 12.1. The molecule has 0 bridgehead atoms. The van der Waals surface area contributed by atoms with Gasteiger partial charge in [0.05, 0.1) is 7.11 Å². The van der Waals surface area contributed by atoms with E-state index in [4.69, 9.17) is 27.6 Å². The van der Waals surface area contributed by atoms with E-state index in [-0.39, 0.29) is 11.8 Å². The van der Waals surface area contributed by atoms with Crippen molar-refractivity contribution in [1.29, 1.82) is 0 Å². The molecule has 0 radical (unpaired) electrons. The summed E-state index contributed by atoms with van der Waals surface area (Å²) in [6.07, 6.45) is 0. The molecule has 0 aliphatic rings. The van der Waals surface area contributed by atoms with Crippen LogP contribution in [0.1, 0.15) is 33.0 Å². The van der Waals surface area contributed by atoms with Crippen molar-refractivity contribution in [3.05, 3.63) is 47.7 Å². The number of alkyl halides is 2. The Kier molecular flexibility index (Phi) is 5.35. The second-order valence-electron chi connectivity index (χ2n) is 4.07. The van der Waals surface area contributed by atoms with Crippen LogP contribution >= 0.6 is 23.2 Å². The van der Waals surface area contributed by atoms with Gasteiger partial charge in [0.1, 0.15) is 0 Å². The van der Waals surface area contributed by atoms with Crippen molar-refractivity contribution in [3.8, 4) is 0 Å². The van der Waals surface area contributed by atoms with Gasteiger partial charge in [0.15, 0.2) is 4.84 Å². The van der Waals surface area contributed by atoms with Crippen LogP contribution in [0.5, 0.6) is 0 Å². The van der Waals surface area contributed by atoms with Crippen LogP contribution in [0, 0.1) is 0 Å². The second kappa shape index (κ2) is 7.24. The smallest absolute Gasteiger partial charge is 0.338 e. The van der Waals surface area contributed by atoms with Crippen molar-refractivity contribution >= 4 is 35.1 Å². The number of carbonyl (C=O) groups is 2. The number of esters is 1. The quantitative estimate of drug-likeness (QED) is 0.660. The van der Waals surface area contributed by atoms with Crippen molar-refractivity contribution in [2.45, 2.75) is 10.9 Å². The maximum atomic E-state index is 12.1. The number of rotatable bonds is 5. The van der Waals surface area contributed by atoms with Crippen LogP contribution in [0.15, 0.2) is 34.7 Å². The normalized spacial score (nSPS) is 12.0. The van der Waals surface area contributed by atoms with Gasteiger partial charge in [0.2, 0.25) is 17.8 Å². The molecule has 1 N–H and O–H groups in total. The van der Waals surface area contributed by atoms with Crippen LogP contribution in [0.3, 0.4) is 0 Å². The SMILES string of the molecule is COC(=O)[C@H](NC(=O)c1ccccc1)c1nnc(C(Cl)Cl)o1. The highest BCUT2D eigenvalue weighted by Crippen LogP contribution is 2.25. The van der Waals surface area contributed by atoms with Crippen LogP contribution in [0.25, 0.3) is 0 Å². The lowest BCUT2D eigenvalue weighted by Crippen LogP contribution is -2.34. The van der Waals surface area contributed by atoms with Gasteiger partial charge in [-0.3, -0.25) is 4.79 Å². The number of hydrogen-bond acceptors (Lipinski definition) is 6. The van der Waals surface area contributed by atoms with E-state index < -0.39 is 22.8 Å². The van der Waals surface area contributed by atoms with Crippen molar-refractivity contribution in [1.82, 2.24) is 15.5 Å². The maximum Gasteiger partial charge on any atom is 0.338 e. The molecule has 22 heavy (non-hydrogen) atoms. The van der Waals surface area contributed by atoms with Gasteiger partial charge in [-0.2, -0.15) is 0 Å². The molecule has 2 aromatic rings. The van der Waals surface area contributed by atoms with Crippen LogP contribution in [-0.4, -0.2) is 29.2 Å². The topological polar surface area (TPSA) is 94.3 Å². The lowest BCUT2D eigenvalue weighted by Gasteiger charge is -2.12. The summed E-state index contributed by atoms with van der Waals surface area (Å²) in [6.45, 7) is 0. The largest absolute Gasteiger partial charge is 0.467 e. The highest BCUT2D eigenvalue weighted by Gasteiger charge is 2.30. The number of ether oxygens (including phenoxy) is 1. The number of nitrogens with zero attached hydrogens (tertiary/aromatic N) is 2. The first-order valence-electron chi connectivity index (χ1n) is 6.08. The standard InChI is InChI=1S/C13H11Cl2N3O4/c1-21-13(20)8(11-17-18-12(22-11)9(14)15)16-10(19)7-5-3-2-4-6-7/h2-6,8-9H,1H3,(H,16,19)/t8-/m1/s1. The molecule has 1 aromatic heterocycles. The van der Waals surface area contributed by atoms with Gasteiger partial charge in [0.25, 0.3) is 5.91 Å². The van der Waals surface area contributed by atoms with Gasteiger partial charge in [0, 0.05) is 5.56 Å². The summed E-state index contributed by atoms with van der Waals surface area (Å²) in [4.78, 5) is 22.9. The first-order chi connectivity index (χ1) is 10.5. The molecule has 0 aliphatic heterocycles. The molecule has 2 rings (SSSR count). The summed E-state index contributed by atoms with van der Waals surface area (Å²) >= 11 is 11.2. The van der Waals surface area contributed by atoms with E-state index in [1.165, 1.54) is 7.11 Å². The minimum atomic E-state index is -1.26. The van der Waals surface area contributed by atoms with E-state index >= 15 is 0 Å². The molecule has 1 atom stereocenters. The summed E-state index contributed by atoms with van der Waals surface area (Å²) in [6, 6.07) is 7.08. The fourth-order valence-corrected chi connectivity index (χ4v) is 1.77. The molecule has 1 amide bonds. The number of hydrogen-bond donors (Lipinski definition) is 1. The van der Waals surface area contributed by atoms with Gasteiger partial charge in [-0.25, -0.2) is 4.79 Å². The molecule has 0 aliphatic carbocycles. The molecule has 0 spiro atoms. The Morgan fingerprint density at radius 3 is 2.36 bits per heavy atom. The van der Waals surface area contributed by atoms with E-state index in [0.717, 1.165) is 0 Å². The molecule has 0 saturated heterocycles. The van der Waals surface area contributed by atoms with E-state index in [9.17, 15) is 9.59 Å². The molecular weight excluding hydrogens is 333 g/mol. The van der Waals surface area contributed by atoms with Crippen molar-refractivity contribution in [2.24, 2.45) is 0 Å². The van der Waals surface area contributed by atoms with Crippen molar-refractivity contribution in [3.63, 3.8) is 0 Å². The Balaban J connectivity index is 2.23. The Bertz CT molecular complexity index is 660. The van der Waals surface area contributed by atoms with E-state index in [1.807, 2.05) is 0 Å². The minimum Gasteiger partial charge on any atom is -0.467 e. The summed E-state index contributed by atoms with van der Waals surface area (Å²) in [7, 11) is 1.17. The van der Waals surface area contributed by atoms with Gasteiger partial charge in [-0.15, -0.1) is 10.2 Å². The van der Waals surface area contributed by atoms with Crippen LogP contribution in [-0.2, 0) is 9.53 Å². The van der Waals surface area contributed by atoms with E-state index in [2.05, 4.69) is 20.3 Å². The number of nitrogens with one attached hydrogen (secondary N) is 1. The zero-order valence-electron chi connectivity index (χ0n) is 11.3. The third-order valence-electron chi connectivity index (χ3n) is 2.64. The fourth-order valence-electron chi connectivity index (χ4n) is 1.59. The van der Waals surface area contributed by atoms with Crippen molar-refractivity contribution < 1.29 is 18.7 Å². The Morgan fingerprint density at radius 1 is 1.18 bits per heavy atom. The van der Waals surface area contributed by atoms with Gasteiger partial charge in [-0.1, -0.05) is 41.4 Å². The number of aromatic nitrogens is 2. The number of benzene rings is 1. The lowest BCUT2D eigenvalue weighted by molar-refractivity contribution is -0.143. The zero-order chi connectivity index (χ0) is 16.1. The molecule has 7 nitrogen and oxygen atoms in total. The molecule has 0 fully saturated rings. The minimum absolute atomic E-state index is 0.0822. The summed E-state index contributed by atoms with van der Waals surface area (Å²) in [5, 5.41) is 9.70. The number of amides is 1. The van der Waals surface area contributed by atoms with Gasteiger partial charge in [-0.05, 0) is 12.1 Å². The Labute approximate surface area is 135 Å². The molecule has 0 unspecified atom stereocenters. The Hall–Kier alpha value is -2.12. The monoisotopic (exact) mass is 343 g/mol. The number of carbonyl (C=O) groups excluding carboxylic acids is 2. The number of halogens is 2. The predicted molar refractivity (Wildman–Crippen MR) is 77.4 cm³/mol. The average Bonchev–Trinajstić information content (AvgIpc) is 3.02. The molecule has 116 valence electrons. The summed E-state index contributed by atoms with van der Waals surface area (Å²) < 4.78 is 9.79. The molecule has 1 heterocycles. The van der Waals surface area contributed by atoms with E-state index in [0.29, 0.717) is 5.56 Å². The molecule has 1 aromatic carbocycles. The average molecular weight is 344 g/mol. The van der Waals surface area contributed by atoms with Crippen LogP contribution < -0.4 is 5.32 Å². The highest BCUT2D eigenvalue weighted by molar-refractivity contribution is 6.43. The molecular formula is C13H11Cl2N3O4. The van der Waals surface area contributed by atoms with Crippen LogP contribution in [0.4, 0.5) is 0 Å². The van der Waals surface area contributed by atoms with Crippen LogP contribution in [0.2, 0.25) is 0 Å². The molecule has 9 heteroatoms. The Morgan fingerprint density at radius 2 is 1.82 bits per heavy atom. The van der Waals surface area contributed by atoms with Gasteiger partial charge < -0.3 is 14.5 Å². The predicted octanol–water partition coefficient (Wildman–Crippen LogP) is 2.19. The second-order valence-corrected chi connectivity index (χ2v) is 5.17. The summed E-state index contributed by atoms with van der Waals surface area (Å²) in [5.74, 6) is -1.51.